The molecule has 0 radical (unpaired) electrons. The van der Waals surface area contributed by atoms with Crippen LogP contribution in [0.4, 0.5) is 0 Å². The quantitative estimate of drug-likeness (QED) is 0.884. The minimum atomic E-state index is -0.117. The molecule has 2 bridgehead atoms. The number of rotatable bonds is 2. The Bertz CT molecular complexity index is 645. The van der Waals surface area contributed by atoms with Crippen LogP contribution in [-0.2, 0) is 0 Å². The number of piperidine rings is 3. The first-order chi connectivity index (χ1) is 9.79. The molecule has 6 nitrogen and oxygen atoms in total. The van der Waals surface area contributed by atoms with Gasteiger partial charge in [-0.05, 0) is 37.9 Å². The summed E-state index contributed by atoms with van der Waals surface area (Å²) in [6.07, 6.45) is 5.27. The Morgan fingerprint density at radius 2 is 2.20 bits per heavy atom. The predicted octanol–water partition coefficient (Wildman–Crippen LogP) is 1.05. The molecule has 2 aromatic rings. The highest BCUT2D eigenvalue weighted by molar-refractivity contribution is 5.95. The lowest BCUT2D eigenvalue weighted by Crippen LogP contribution is -2.57. The van der Waals surface area contributed by atoms with Gasteiger partial charge < -0.3 is 14.6 Å². The molecule has 0 unspecified atom stereocenters. The number of nitrogens with zero attached hydrogens (tertiary/aromatic N) is 3. The van der Waals surface area contributed by atoms with Crippen LogP contribution in [0.1, 0.15) is 23.3 Å². The van der Waals surface area contributed by atoms with Crippen molar-refractivity contribution in [1.82, 2.24) is 20.2 Å². The average molecular weight is 272 g/mol. The third-order valence-corrected chi connectivity index (χ3v) is 4.42. The van der Waals surface area contributed by atoms with Gasteiger partial charge in [-0.25, -0.2) is 9.97 Å². The standard InChI is InChI=1S/C14H16N4O2/c19-14(11-5-10-13(6-15-11)20-8-16-10)17-12-7-18-3-1-9(12)2-4-18/h5-6,8-9,12H,1-4,7H2,(H,17,19)/t12-/m1/s1. The summed E-state index contributed by atoms with van der Waals surface area (Å²) in [6.45, 7) is 3.29. The molecule has 6 heteroatoms. The molecule has 1 amide bonds. The summed E-state index contributed by atoms with van der Waals surface area (Å²) in [5, 5.41) is 3.12. The normalized spacial score (nSPS) is 28.7. The van der Waals surface area contributed by atoms with Gasteiger partial charge in [0.1, 0.15) is 11.2 Å². The molecule has 3 aliphatic rings. The molecule has 0 aromatic carbocycles. The molecule has 1 atom stereocenters. The lowest BCUT2D eigenvalue weighted by atomic mass is 9.84. The van der Waals surface area contributed by atoms with Crippen LogP contribution in [0.5, 0.6) is 0 Å². The maximum Gasteiger partial charge on any atom is 0.270 e. The SMILES string of the molecule is O=C(N[C@@H]1CN2CCC1CC2)c1cc2ncoc2cn1. The first kappa shape index (κ1) is 11.8. The highest BCUT2D eigenvalue weighted by Gasteiger charge is 2.35. The van der Waals surface area contributed by atoms with E-state index in [0.717, 1.165) is 6.54 Å². The summed E-state index contributed by atoms with van der Waals surface area (Å²) >= 11 is 0. The maximum atomic E-state index is 12.3. The highest BCUT2D eigenvalue weighted by Crippen LogP contribution is 2.27. The molecule has 3 saturated heterocycles. The predicted molar refractivity (Wildman–Crippen MR) is 72.2 cm³/mol. The third-order valence-electron chi connectivity index (χ3n) is 4.42. The number of carbonyl (C=O) groups is 1. The summed E-state index contributed by atoms with van der Waals surface area (Å²) in [6, 6.07) is 1.93. The van der Waals surface area contributed by atoms with Crippen LogP contribution in [0.2, 0.25) is 0 Å². The fourth-order valence-electron chi connectivity index (χ4n) is 3.26. The number of oxazole rings is 1. The number of hydrogen-bond acceptors (Lipinski definition) is 5. The van der Waals surface area contributed by atoms with Crippen molar-refractivity contribution < 1.29 is 9.21 Å². The number of aromatic nitrogens is 2. The van der Waals surface area contributed by atoms with E-state index in [1.165, 1.54) is 32.3 Å². The Morgan fingerprint density at radius 1 is 1.35 bits per heavy atom. The van der Waals surface area contributed by atoms with E-state index in [1.807, 2.05) is 0 Å². The van der Waals surface area contributed by atoms with Gasteiger partial charge in [0.25, 0.3) is 5.91 Å². The van der Waals surface area contributed by atoms with Crippen LogP contribution in [0.3, 0.4) is 0 Å². The van der Waals surface area contributed by atoms with Gasteiger partial charge in [-0.1, -0.05) is 0 Å². The van der Waals surface area contributed by atoms with Gasteiger partial charge in [0.15, 0.2) is 12.0 Å². The molecule has 0 aliphatic carbocycles. The second kappa shape index (κ2) is 4.56. The number of nitrogens with one attached hydrogen (secondary N) is 1. The van der Waals surface area contributed by atoms with Gasteiger partial charge >= 0.3 is 0 Å². The molecule has 2 aromatic heterocycles. The summed E-state index contributed by atoms with van der Waals surface area (Å²) in [7, 11) is 0. The fourth-order valence-corrected chi connectivity index (χ4v) is 3.26. The minimum Gasteiger partial charge on any atom is -0.442 e. The van der Waals surface area contributed by atoms with Crippen molar-refractivity contribution in [2.75, 3.05) is 19.6 Å². The lowest BCUT2D eigenvalue weighted by molar-refractivity contribution is 0.0618. The second-order valence-electron chi connectivity index (χ2n) is 5.61. The smallest absolute Gasteiger partial charge is 0.270 e. The van der Waals surface area contributed by atoms with E-state index in [9.17, 15) is 4.79 Å². The average Bonchev–Trinajstić information content (AvgIpc) is 2.96. The number of pyridine rings is 1. The molecular formula is C14H16N4O2. The zero-order chi connectivity index (χ0) is 13.5. The Morgan fingerprint density at radius 3 is 2.95 bits per heavy atom. The van der Waals surface area contributed by atoms with Crippen molar-refractivity contribution in [3.63, 3.8) is 0 Å². The van der Waals surface area contributed by atoms with Crippen LogP contribution in [0.15, 0.2) is 23.1 Å². The Hall–Kier alpha value is -1.95. The van der Waals surface area contributed by atoms with Gasteiger partial charge in [0.2, 0.25) is 0 Å². The van der Waals surface area contributed by atoms with Gasteiger partial charge in [-0.3, -0.25) is 4.79 Å². The topological polar surface area (TPSA) is 71.3 Å². The lowest BCUT2D eigenvalue weighted by Gasteiger charge is -2.44. The van der Waals surface area contributed by atoms with Gasteiger partial charge in [0.05, 0.1) is 6.20 Å². The Kier molecular flexibility index (Phi) is 2.70. The summed E-state index contributed by atoms with van der Waals surface area (Å²) in [5.41, 5.74) is 1.67. The van der Waals surface area contributed by atoms with E-state index in [-0.39, 0.29) is 11.9 Å². The highest BCUT2D eigenvalue weighted by atomic mass is 16.3. The van der Waals surface area contributed by atoms with Crippen molar-refractivity contribution in [3.05, 3.63) is 24.4 Å². The first-order valence-electron chi connectivity index (χ1n) is 7.02. The monoisotopic (exact) mass is 272 g/mol. The number of amides is 1. The molecule has 1 N–H and O–H groups in total. The molecule has 104 valence electrons. The van der Waals surface area contributed by atoms with Crippen molar-refractivity contribution >= 4 is 17.0 Å². The molecule has 5 rings (SSSR count). The van der Waals surface area contributed by atoms with Crippen molar-refractivity contribution in [2.45, 2.75) is 18.9 Å². The van der Waals surface area contributed by atoms with E-state index in [2.05, 4.69) is 20.2 Å². The van der Waals surface area contributed by atoms with Gasteiger partial charge in [0, 0.05) is 12.6 Å². The Labute approximate surface area is 116 Å². The van der Waals surface area contributed by atoms with Crippen molar-refractivity contribution in [3.8, 4) is 0 Å². The van der Waals surface area contributed by atoms with Crippen molar-refractivity contribution in [1.29, 1.82) is 0 Å². The van der Waals surface area contributed by atoms with Crippen LogP contribution in [-0.4, -0.2) is 46.5 Å². The number of carbonyl (C=O) groups excluding carboxylic acids is 1. The van der Waals surface area contributed by atoms with E-state index in [1.54, 1.807) is 12.3 Å². The molecule has 0 saturated carbocycles. The van der Waals surface area contributed by atoms with Crippen LogP contribution in [0.25, 0.3) is 11.1 Å². The fraction of sp³-hybridized carbons (Fsp3) is 0.500. The van der Waals surface area contributed by atoms with E-state index < -0.39 is 0 Å². The molecule has 3 aliphatic heterocycles. The maximum absolute atomic E-state index is 12.3. The molecule has 3 fully saturated rings. The first-order valence-corrected chi connectivity index (χ1v) is 7.02. The molecule has 20 heavy (non-hydrogen) atoms. The summed E-state index contributed by atoms with van der Waals surface area (Å²) in [5.74, 6) is 0.494. The van der Waals surface area contributed by atoms with E-state index in [4.69, 9.17) is 4.42 Å². The molecule has 5 heterocycles. The minimum absolute atomic E-state index is 0.117. The van der Waals surface area contributed by atoms with Gasteiger partial charge in [-0.2, -0.15) is 0 Å². The number of hydrogen-bond donors (Lipinski definition) is 1. The zero-order valence-electron chi connectivity index (χ0n) is 11.1. The molecule has 0 spiro atoms. The third kappa shape index (κ3) is 1.96. The zero-order valence-corrected chi connectivity index (χ0v) is 11.1. The van der Waals surface area contributed by atoms with Crippen molar-refractivity contribution in [2.24, 2.45) is 5.92 Å². The van der Waals surface area contributed by atoms with Crippen LogP contribution in [0, 0.1) is 5.92 Å². The van der Waals surface area contributed by atoms with Crippen LogP contribution < -0.4 is 5.32 Å². The summed E-state index contributed by atoms with van der Waals surface area (Å²) < 4.78 is 5.13. The van der Waals surface area contributed by atoms with Gasteiger partial charge in [-0.15, -0.1) is 0 Å². The second-order valence-corrected chi connectivity index (χ2v) is 5.61. The summed E-state index contributed by atoms with van der Waals surface area (Å²) in [4.78, 5) is 22.9. The number of fused-ring (bicyclic) bond motifs is 4. The Balaban J connectivity index is 1.52. The largest absolute Gasteiger partial charge is 0.442 e. The van der Waals surface area contributed by atoms with Crippen LogP contribution >= 0.6 is 0 Å². The molecular weight excluding hydrogens is 256 g/mol. The van der Waals surface area contributed by atoms with E-state index >= 15 is 0 Å². The van der Waals surface area contributed by atoms with E-state index in [0.29, 0.717) is 22.7 Å².